The van der Waals surface area contributed by atoms with Crippen LogP contribution in [0.2, 0.25) is 0 Å². The lowest BCUT2D eigenvalue weighted by molar-refractivity contribution is -0.137. The number of nitrogens with zero attached hydrogens (tertiary/aromatic N) is 2. The van der Waals surface area contributed by atoms with Gasteiger partial charge in [-0.3, -0.25) is 9.35 Å². The van der Waals surface area contributed by atoms with Crippen LogP contribution in [0.3, 0.4) is 0 Å². The van der Waals surface area contributed by atoms with Crippen LogP contribution in [0.5, 0.6) is 0 Å². The first-order chi connectivity index (χ1) is 16.2. The topological polar surface area (TPSA) is 138 Å². The molecule has 2 aromatic carbocycles. The van der Waals surface area contributed by atoms with Gasteiger partial charge >= 0.3 is 11.6 Å². The molecule has 0 saturated carbocycles. The molecule has 0 bridgehead atoms. The molecule has 0 radical (unpaired) electrons. The lowest BCUT2D eigenvalue weighted by Gasteiger charge is -2.24. The standard InChI is InChI=1S/C23H22N2O7S2/c26-21(27)7-3-10-25(11-4-12-34(29,30)31)16-9-8-15-13-17(23(28)32-19(15)14-16)22-24-18-5-1-2-6-20(18)33-22/h1-2,5-6,8-9,13-14H,3-4,7,10-12H2,(H,26,27)(H,29,30,31). The van der Waals surface area contributed by atoms with Gasteiger partial charge in [0.15, 0.2) is 0 Å². The molecule has 0 aliphatic carbocycles. The van der Waals surface area contributed by atoms with Gasteiger partial charge in [-0.15, -0.1) is 11.3 Å². The molecule has 0 unspecified atom stereocenters. The summed E-state index contributed by atoms with van der Waals surface area (Å²) in [6.45, 7) is 0.635. The summed E-state index contributed by atoms with van der Waals surface area (Å²) in [5, 5.41) is 10.2. The van der Waals surface area contributed by atoms with Crippen LogP contribution in [0.15, 0.2) is 57.7 Å². The van der Waals surface area contributed by atoms with Crippen molar-refractivity contribution in [1.82, 2.24) is 4.98 Å². The Hall–Kier alpha value is -3.28. The quantitative estimate of drug-likeness (QED) is 0.243. The number of para-hydroxylation sites is 1. The second-order valence-corrected chi connectivity index (χ2v) is 10.4. The van der Waals surface area contributed by atoms with E-state index in [2.05, 4.69) is 4.98 Å². The lowest BCUT2D eigenvalue weighted by atomic mass is 10.1. The second kappa shape index (κ2) is 9.92. The van der Waals surface area contributed by atoms with Crippen LogP contribution < -0.4 is 10.5 Å². The van der Waals surface area contributed by atoms with Gasteiger partial charge in [-0.05, 0) is 43.2 Å². The molecule has 2 aromatic heterocycles. The Morgan fingerprint density at radius 1 is 1.09 bits per heavy atom. The monoisotopic (exact) mass is 502 g/mol. The van der Waals surface area contributed by atoms with E-state index in [1.165, 1.54) is 11.3 Å². The van der Waals surface area contributed by atoms with Crippen LogP contribution in [0, 0.1) is 0 Å². The number of carboxylic acids is 1. The van der Waals surface area contributed by atoms with Crippen molar-refractivity contribution < 1.29 is 27.3 Å². The van der Waals surface area contributed by atoms with Gasteiger partial charge in [0, 0.05) is 36.7 Å². The molecular formula is C23H22N2O7S2. The van der Waals surface area contributed by atoms with E-state index in [1.807, 2.05) is 29.2 Å². The van der Waals surface area contributed by atoms with E-state index in [0.717, 1.165) is 10.2 Å². The number of benzene rings is 2. The molecule has 0 spiro atoms. The highest BCUT2D eigenvalue weighted by Gasteiger charge is 2.15. The second-order valence-electron chi connectivity index (χ2n) is 7.78. The van der Waals surface area contributed by atoms with Gasteiger partial charge in [0.1, 0.15) is 10.6 Å². The van der Waals surface area contributed by atoms with E-state index in [9.17, 15) is 18.0 Å². The van der Waals surface area contributed by atoms with Crippen LogP contribution in [0.25, 0.3) is 31.8 Å². The summed E-state index contributed by atoms with van der Waals surface area (Å²) >= 11 is 1.41. The molecule has 0 fully saturated rings. The fourth-order valence-corrected chi connectivity index (χ4v) is 5.13. The Morgan fingerprint density at radius 3 is 2.59 bits per heavy atom. The maximum absolute atomic E-state index is 12.7. The average Bonchev–Trinajstić information content (AvgIpc) is 3.20. The van der Waals surface area contributed by atoms with Crippen LogP contribution in [0.1, 0.15) is 19.3 Å². The molecule has 0 saturated heterocycles. The molecule has 2 heterocycles. The summed E-state index contributed by atoms with van der Waals surface area (Å²) in [5.74, 6) is -1.33. The molecule has 0 amide bonds. The lowest BCUT2D eigenvalue weighted by Crippen LogP contribution is -2.27. The minimum Gasteiger partial charge on any atom is -0.481 e. The van der Waals surface area contributed by atoms with Crippen molar-refractivity contribution in [2.75, 3.05) is 23.7 Å². The summed E-state index contributed by atoms with van der Waals surface area (Å²) in [4.78, 5) is 30.0. The van der Waals surface area contributed by atoms with Crippen molar-refractivity contribution >= 4 is 54.3 Å². The molecule has 2 N–H and O–H groups in total. The normalized spacial score (nSPS) is 11.8. The highest BCUT2D eigenvalue weighted by Crippen LogP contribution is 2.31. The van der Waals surface area contributed by atoms with Crippen molar-refractivity contribution in [3.05, 3.63) is 59.0 Å². The summed E-state index contributed by atoms with van der Waals surface area (Å²) in [7, 11) is -4.10. The van der Waals surface area contributed by atoms with E-state index in [0.29, 0.717) is 40.2 Å². The van der Waals surface area contributed by atoms with Crippen LogP contribution >= 0.6 is 11.3 Å². The Balaban J connectivity index is 1.63. The van der Waals surface area contributed by atoms with Crippen molar-refractivity contribution in [2.24, 2.45) is 0 Å². The van der Waals surface area contributed by atoms with E-state index < -0.39 is 27.5 Å². The zero-order valence-electron chi connectivity index (χ0n) is 18.0. The number of aromatic nitrogens is 1. The third kappa shape index (κ3) is 5.79. The maximum atomic E-state index is 12.7. The number of hydrogen-bond donors (Lipinski definition) is 2. The van der Waals surface area contributed by atoms with Crippen LogP contribution in [0.4, 0.5) is 5.69 Å². The van der Waals surface area contributed by atoms with E-state index >= 15 is 0 Å². The molecule has 0 aliphatic rings. The molecule has 34 heavy (non-hydrogen) atoms. The predicted octanol–water partition coefficient (Wildman–Crippen LogP) is 4.02. The number of hydrogen-bond acceptors (Lipinski definition) is 8. The van der Waals surface area contributed by atoms with Crippen molar-refractivity contribution in [3.8, 4) is 10.6 Å². The highest BCUT2D eigenvalue weighted by molar-refractivity contribution is 7.85. The summed E-state index contributed by atoms with van der Waals surface area (Å²) in [6.07, 6.45) is 0.465. The number of carboxylic acid groups (broad SMARTS) is 1. The van der Waals surface area contributed by atoms with Gasteiger partial charge in [-0.25, -0.2) is 9.78 Å². The fraction of sp³-hybridized carbons (Fsp3) is 0.261. The smallest absolute Gasteiger partial charge is 0.346 e. The van der Waals surface area contributed by atoms with Gasteiger partial charge in [-0.1, -0.05) is 12.1 Å². The van der Waals surface area contributed by atoms with Crippen molar-refractivity contribution in [2.45, 2.75) is 19.3 Å². The van der Waals surface area contributed by atoms with Gasteiger partial charge in [0.25, 0.3) is 10.1 Å². The SMILES string of the molecule is O=C(O)CCCN(CCCS(=O)(=O)O)c1ccc2cc(-c3nc4ccccc4s3)c(=O)oc2c1. The van der Waals surface area contributed by atoms with Gasteiger partial charge in [0.2, 0.25) is 0 Å². The number of rotatable bonds is 10. The first kappa shape index (κ1) is 23.9. The molecule has 0 aliphatic heterocycles. The Kier molecular flexibility index (Phi) is 6.96. The fourth-order valence-electron chi connectivity index (χ4n) is 3.66. The third-order valence-corrected chi connectivity index (χ3v) is 7.13. The minimum atomic E-state index is -4.10. The summed E-state index contributed by atoms with van der Waals surface area (Å²) in [5.41, 5.74) is 1.66. The van der Waals surface area contributed by atoms with Crippen LogP contribution in [-0.2, 0) is 14.9 Å². The Bertz CT molecular complexity index is 1480. The van der Waals surface area contributed by atoms with Crippen LogP contribution in [-0.4, -0.2) is 47.9 Å². The Morgan fingerprint density at radius 2 is 1.85 bits per heavy atom. The van der Waals surface area contributed by atoms with E-state index in [1.54, 1.807) is 24.3 Å². The molecular weight excluding hydrogens is 480 g/mol. The largest absolute Gasteiger partial charge is 0.481 e. The maximum Gasteiger partial charge on any atom is 0.346 e. The van der Waals surface area contributed by atoms with Gasteiger partial charge < -0.3 is 14.4 Å². The van der Waals surface area contributed by atoms with E-state index in [4.69, 9.17) is 14.1 Å². The molecule has 9 nitrogen and oxygen atoms in total. The first-order valence-electron chi connectivity index (χ1n) is 10.6. The zero-order chi connectivity index (χ0) is 24.3. The van der Waals surface area contributed by atoms with Crippen molar-refractivity contribution in [1.29, 1.82) is 0 Å². The van der Waals surface area contributed by atoms with E-state index in [-0.39, 0.29) is 19.4 Å². The predicted molar refractivity (Wildman–Crippen MR) is 131 cm³/mol. The Labute approximate surface area is 199 Å². The molecule has 178 valence electrons. The third-order valence-electron chi connectivity index (χ3n) is 5.26. The average molecular weight is 503 g/mol. The molecule has 4 rings (SSSR count). The molecule has 0 atom stereocenters. The molecule has 4 aromatic rings. The number of aliphatic carboxylic acids is 1. The number of fused-ring (bicyclic) bond motifs is 2. The molecule has 11 heteroatoms. The van der Waals surface area contributed by atoms with Gasteiger partial charge in [-0.2, -0.15) is 8.42 Å². The number of anilines is 1. The van der Waals surface area contributed by atoms with Gasteiger partial charge in [0.05, 0.1) is 21.5 Å². The summed E-state index contributed by atoms with van der Waals surface area (Å²) < 4.78 is 37.7. The number of thiazole rings is 1. The summed E-state index contributed by atoms with van der Waals surface area (Å²) in [6, 6.07) is 14.6. The zero-order valence-corrected chi connectivity index (χ0v) is 19.6. The number of carbonyl (C=O) groups is 1. The first-order valence-corrected chi connectivity index (χ1v) is 13.0. The highest BCUT2D eigenvalue weighted by atomic mass is 32.2. The van der Waals surface area contributed by atoms with Crippen molar-refractivity contribution in [3.63, 3.8) is 0 Å². The minimum absolute atomic E-state index is 0.0387.